The van der Waals surface area contributed by atoms with Gasteiger partial charge in [-0.25, -0.2) is 4.79 Å². The van der Waals surface area contributed by atoms with Crippen molar-refractivity contribution in [2.75, 3.05) is 12.4 Å². The molecule has 2 amide bonds. The van der Waals surface area contributed by atoms with Crippen LogP contribution in [0, 0.1) is 0 Å². The zero-order valence-electron chi connectivity index (χ0n) is 14.3. The van der Waals surface area contributed by atoms with Gasteiger partial charge in [-0.15, -0.1) is 0 Å². The van der Waals surface area contributed by atoms with Crippen molar-refractivity contribution in [2.45, 2.75) is 19.5 Å². The quantitative estimate of drug-likeness (QED) is 0.775. The molecule has 1 atom stereocenters. The number of aromatic nitrogens is 3. The zero-order valence-corrected chi connectivity index (χ0v) is 14.3. The molecular formula is C19H21N5O. The summed E-state index contributed by atoms with van der Waals surface area (Å²) >= 11 is 0. The van der Waals surface area contributed by atoms with E-state index in [1.807, 2.05) is 61.7 Å². The van der Waals surface area contributed by atoms with E-state index in [0.717, 1.165) is 11.3 Å². The van der Waals surface area contributed by atoms with E-state index in [1.165, 1.54) is 0 Å². The van der Waals surface area contributed by atoms with Crippen LogP contribution in [0.3, 0.4) is 0 Å². The lowest BCUT2D eigenvalue weighted by molar-refractivity contribution is 0.207. The number of nitrogens with zero attached hydrogens (tertiary/aromatic N) is 4. The van der Waals surface area contributed by atoms with Crippen LogP contribution in [0.15, 0.2) is 67.1 Å². The molecule has 0 spiro atoms. The number of hydrogen-bond acceptors (Lipinski definition) is 3. The molecule has 2 heterocycles. The molecule has 0 unspecified atom stereocenters. The van der Waals surface area contributed by atoms with Gasteiger partial charge in [-0.3, -0.25) is 9.67 Å². The number of amides is 2. The minimum atomic E-state index is -0.197. The molecule has 0 aliphatic rings. The van der Waals surface area contributed by atoms with E-state index < -0.39 is 0 Å². The minimum absolute atomic E-state index is 0.124. The van der Waals surface area contributed by atoms with Crippen LogP contribution in [0.1, 0.15) is 24.2 Å². The van der Waals surface area contributed by atoms with Gasteiger partial charge in [0, 0.05) is 19.4 Å². The Morgan fingerprint density at radius 1 is 1.20 bits per heavy atom. The summed E-state index contributed by atoms with van der Waals surface area (Å²) in [4.78, 5) is 18.4. The Hall–Kier alpha value is -3.15. The van der Waals surface area contributed by atoms with E-state index in [4.69, 9.17) is 0 Å². The molecule has 0 saturated carbocycles. The first-order valence-electron chi connectivity index (χ1n) is 8.14. The standard InChI is InChI=1S/C19H21N5O/c1-15(18-10-6-7-11-20-18)23(2)19(25)22-17-12-21-24(14-17)13-16-8-4-3-5-9-16/h3-12,14-15H,13H2,1-2H3,(H,22,25)/t15-/m0/s1. The van der Waals surface area contributed by atoms with E-state index in [2.05, 4.69) is 15.4 Å². The Morgan fingerprint density at radius 3 is 2.68 bits per heavy atom. The summed E-state index contributed by atoms with van der Waals surface area (Å²) in [5.41, 5.74) is 2.67. The zero-order chi connectivity index (χ0) is 17.6. The number of carbonyl (C=O) groups excluding carboxylic acids is 1. The van der Waals surface area contributed by atoms with Crippen LogP contribution in [-0.4, -0.2) is 32.7 Å². The maximum absolute atomic E-state index is 12.4. The summed E-state index contributed by atoms with van der Waals surface area (Å²) < 4.78 is 1.80. The second-order valence-electron chi connectivity index (χ2n) is 5.88. The predicted molar refractivity (Wildman–Crippen MR) is 97.2 cm³/mol. The number of hydrogen-bond donors (Lipinski definition) is 1. The van der Waals surface area contributed by atoms with Crippen molar-refractivity contribution in [1.82, 2.24) is 19.7 Å². The van der Waals surface area contributed by atoms with Crippen LogP contribution in [0.2, 0.25) is 0 Å². The highest BCUT2D eigenvalue weighted by molar-refractivity contribution is 5.89. The van der Waals surface area contributed by atoms with Crippen molar-refractivity contribution in [3.63, 3.8) is 0 Å². The van der Waals surface area contributed by atoms with E-state index in [1.54, 1.807) is 29.0 Å². The molecule has 6 heteroatoms. The molecule has 1 aromatic carbocycles. The van der Waals surface area contributed by atoms with Crippen molar-refractivity contribution >= 4 is 11.7 Å². The van der Waals surface area contributed by atoms with Gasteiger partial charge in [0.15, 0.2) is 0 Å². The molecule has 0 radical (unpaired) electrons. The number of nitrogens with one attached hydrogen (secondary N) is 1. The van der Waals surface area contributed by atoms with Gasteiger partial charge >= 0.3 is 6.03 Å². The normalized spacial score (nSPS) is 11.8. The third-order valence-electron chi connectivity index (χ3n) is 4.09. The van der Waals surface area contributed by atoms with Crippen LogP contribution in [0.25, 0.3) is 0 Å². The van der Waals surface area contributed by atoms with Crippen LogP contribution in [-0.2, 0) is 6.54 Å². The molecule has 1 N–H and O–H groups in total. The van der Waals surface area contributed by atoms with Crippen molar-refractivity contribution < 1.29 is 4.79 Å². The van der Waals surface area contributed by atoms with Gasteiger partial charge in [-0.1, -0.05) is 36.4 Å². The summed E-state index contributed by atoms with van der Waals surface area (Å²) in [5.74, 6) is 0. The van der Waals surface area contributed by atoms with E-state index in [9.17, 15) is 4.79 Å². The maximum atomic E-state index is 12.4. The molecular weight excluding hydrogens is 314 g/mol. The molecule has 0 aliphatic heterocycles. The third kappa shape index (κ3) is 4.23. The lowest BCUT2D eigenvalue weighted by Crippen LogP contribution is -2.33. The second-order valence-corrected chi connectivity index (χ2v) is 5.88. The first-order chi connectivity index (χ1) is 12.1. The maximum Gasteiger partial charge on any atom is 0.322 e. The number of anilines is 1. The second kappa shape index (κ2) is 7.61. The van der Waals surface area contributed by atoms with E-state index in [-0.39, 0.29) is 12.1 Å². The SMILES string of the molecule is C[C@@H](c1ccccn1)N(C)C(=O)Nc1cnn(Cc2ccccc2)c1. The van der Waals surface area contributed by atoms with Crippen molar-refractivity contribution in [3.8, 4) is 0 Å². The Bertz CT molecular complexity index is 816. The summed E-state index contributed by atoms with van der Waals surface area (Å²) in [5, 5.41) is 7.17. The van der Waals surface area contributed by atoms with Crippen LogP contribution >= 0.6 is 0 Å². The van der Waals surface area contributed by atoms with Gasteiger partial charge in [0.2, 0.25) is 0 Å². The fourth-order valence-corrected chi connectivity index (χ4v) is 2.49. The molecule has 6 nitrogen and oxygen atoms in total. The first kappa shape index (κ1) is 16.7. The van der Waals surface area contributed by atoms with E-state index >= 15 is 0 Å². The molecule has 0 aliphatic carbocycles. The largest absolute Gasteiger partial charge is 0.322 e. The van der Waals surface area contributed by atoms with Gasteiger partial charge < -0.3 is 10.2 Å². The third-order valence-corrected chi connectivity index (χ3v) is 4.09. The summed E-state index contributed by atoms with van der Waals surface area (Å²) in [6, 6.07) is 15.4. The monoisotopic (exact) mass is 335 g/mol. The Balaban J connectivity index is 1.61. The topological polar surface area (TPSA) is 63.1 Å². The lowest BCUT2D eigenvalue weighted by Gasteiger charge is -2.24. The van der Waals surface area contributed by atoms with Gasteiger partial charge in [-0.05, 0) is 24.6 Å². The first-order valence-corrected chi connectivity index (χ1v) is 8.14. The van der Waals surface area contributed by atoms with Gasteiger partial charge in [-0.2, -0.15) is 5.10 Å². The summed E-state index contributed by atoms with van der Waals surface area (Å²) in [6.45, 7) is 2.61. The van der Waals surface area contributed by atoms with Crippen LogP contribution < -0.4 is 5.32 Å². The molecule has 2 aromatic heterocycles. The van der Waals surface area contributed by atoms with Crippen molar-refractivity contribution in [1.29, 1.82) is 0 Å². The fourth-order valence-electron chi connectivity index (χ4n) is 2.49. The summed E-state index contributed by atoms with van der Waals surface area (Å²) in [7, 11) is 1.75. The molecule has 25 heavy (non-hydrogen) atoms. The lowest BCUT2D eigenvalue weighted by atomic mass is 10.2. The molecule has 3 aromatic rings. The van der Waals surface area contributed by atoms with Crippen molar-refractivity contribution in [3.05, 3.63) is 78.4 Å². The van der Waals surface area contributed by atoms with Crippen molar-refractivity contribution in [2.24, 2.45) is 0 Å². The average molecular weight is 335 g/mol. The highest BCUT2D eigenvalue weighted by Crippen LogP contribution is 2.17. The number of urea groups is 1. The highest BCUT2D eigenvalue weighted by atomic mass is 16.2. The Morgan fingerprint density at radius 2 is 1.96 bits per heavy atom. The smallest absolute Gasteiger partial charge is 0.319 e. The Kier molecular flexibility index (Phi) is 5.09. The molecule has 0 bridgehead atoms. The summed E-state index contributed by atoms with van der Waals surface area (Å²) in [6.07, 6.45) is 5.20. The molecule has 128 valence electrons. The fraction of sp³-hybridized carbons (Fsp3) is 0.211. The van der Waals surface area contributed by atoms with Gasteiger partial charge in [0.25, 0.3) is 0 Å². The number of benzene rings is 1. The highest BCUT2D eigenvalue weighted by Gasteiger charge is 2.18. The van der Waals surface area contributed by atoms with Crippen LogP contribution in [0.5, 0.6) is 0 Å². The number of rotatable bonds is 5. The Labute approximate surface area is 147 Å². The van der Waals surface area contributed by atoms with E-state index in [0.29, 0.717) is 12.2 Å². The van der Waals surface area contributed by atoms with Gasteiger partial charge in [0.05, 0.1) is 30.2 Å². The number of carbonyl (C=O) groups is 1. The minimum Gasteiger partial charge on any atom is -0.319 e. The van der Waals surface area contributed by atoms with Crippen LogP contribution in [0.4, 0.5) is 10.5 Å². The average Bonchev–Trinajstić information content (AvgIpc) is 3.08. The van der Waals surface area contributed by atoms with Gasteiger partial charge in [0.1, 0.15) is 0 Å². The number of pyridine rings is 1. The predicted octanol–water partition coefficient (Wildman–Crippen LogP) is 3.55. The molecule has 0 fully saturated rings. The molecule has 3 rings (SSSR count). The molecule has 0 saturated heterocycles.